The van der Waals surface area contributed by atoms with Crippen LogP contribution in [0.25, 0.3) is 0 Å². The number of carbonyl (C=O) groups is 1. The molecule has 1 aliphatic rings. The molecule has 0 radical (unpaired) electrons. The monoisotopic (exact) mass is 222 g/mol. The van der Waals surface area contributed by atoms with Crippen LogP contribution in [0.15, 0.2) is 0 Å². The third-order valence-electron chi connectivity index (χ3n) is 2.14. The Balaban J connectivity index is 2.75. The van der Waals surface area contributed by atoms with Crippen molar-refractivity contribution in [1.29, 1.82) is 0 Å². The van der Waals surface area contributed by atoms with Crippen molar-refractivity contribution in [3.05, 3.63) is 0 Å². The second-order valence-electron chi connectivity index (χ2n) is 3.19. The molecule has 7 heteroatoms. The van der Waals surface area contributed by atoms with Gasteiger partial charge in [0, 0.05) is 6.61 Å². The molecule has 0 aliphatic carbocycles. The highest BCUT2D eigenvalue weighted by molar-refractivity contribution is 5.73. The second kappa shape index (κ2) is 4.86. The van der Waals surface area contributed by atoms with Crippen LogP contribution < -0.4 is 0 Å². The maximum Gasteiger partial charge on any atom is 0.335 e. The average molecular weight is 222 g/mol. The van der Waals surface area contributed by atoms with Gasteiger partial charge in [-0.2, -0.15) is 0 Å². The number of rotatable bonds is 3. The number of carboxylic acids is 1. The lowest BCUT2D eigenvalue weighted by molar-refractivity contribution is -0.292. The highest BCUT2D eigenvalue weighted by Gasteiger charge is 2.47. The van der Waals surface area contributed by atoms with Crippen molar-refractivity contribution in [3.8, 4) is 0 Å². The summed E-state index contributed by atoms with van der Waals surface area (Å²) in [6, 6.07) is 0. The van der Waals surface area contributed by atoms with Crippen molar-refractivity contribution in [3.63, 3.8) is 0 Å². The van der Waals surface area contributed by atoms with Crippen LogP contribution in [0.5, 0.6) is 0 Å². The smallest absolute Gasteiger partial charge is 0.335 e. The van der Waals surface area contributed by atoms with E-state index in [1.54, 1.807) is 6.92 Å². The van der Waals surface area contributed by atoms with Gasteiger partial charge in [0.05, 0.1) is 0 Å². The number of ether oxygens (including phenoxy) is 2. The zero-order valence-corrected chi connectivity index (χ0v) is 8.11. The standard InChI is InChI=1S/C8H14O7/c1-2-14-8-5(11)3(9)4(10)6(15-8)7(12)13/h3-6,8-11H,2H2,1H3,(H,12,13)/t3-,4-,5+,6-,8+/m0/s1. The fourth-order valence-electron chi connectivity index (χ4n) is 1.35. The van der Waals surface area contributed by atoms with E-state index in [0.29, 0.717) is 0 Å². The molecule has 1 aliphatic heterocycles. The van der Waals surface area contributed by atoms with Crippen LogP contribution in [0, 0.1) is 0 Å². The predicted octanol–water partition coefficient (Wildman–Crippen LogP) is -2.08. The lowest BCUT2D eigenvalue weighted by atomic mass is 9.99. The van der Waals surface area contributed by atoms with E-state index in [4.69, 9.17) is 14.6 Å². The van der Waals surface area contributed by atoms with Crippen LogP contribution in [-0.4, -0.2) is 63.7 Å². The van der Waals surface area contributed by atoms with Crippen LogP contribution in [0.3, 0.4) is 0 Å². The van der Waals surface area contributed by atoms with Crippen molar-refractivity contribution in [2.24, 2.45) is 0 Å². The van der Waals surface area contributed by atoms with Gasteiger partial charge >= 0.3 is 5.97 Å². The van der Waals surface area contributed by atoms with Gasteiger partial charge in [-0.25, -0.2) is 4.79 Å². The summed E-state index contributed by atoms with van der Waals surface area (Å²) < 4.78 is 9.69. The molecule has 0 aromatic heterocycles. The van der Waals surface area contributed by atoms with Crippen molar-refractivity contribution in [2.45, 2.75) is 37.6 Å². The van der Waals surface area contributed by atoms with Crippen LogP contribution >= 0.6 is 0 Å². The first kappa shape index (κ1) is 12.3. The lowest BCUT2D eigenvalue weighted by Gasteiger charge is -2.38. The van der Waals surface area contributed by atoms with Gasteiger partial charge in [0.25, 0.3) is 0 Å². The lowest BCUT2D eigenvalue weighted by Crippen LogP contribution is -2.60. The third kappa shape index (κ3) is 2.44. The molecule has 0 saturated carbocycles. The molecule has 15 heavy (non-hydrogen) atoms. The molecule has 0 amide bonds. The molecule has 1 rings (SSSR count). The summed E-state index contributed by atoms with van der Waals surface area (Å²) in [7, 11) is 0. The molecule has 0 spiro atoms. The van der Waals surface area contributed by atoms with Gasteiger partial charge in [-0.15, -0.1) is 0 Å². The van der Waals surface area contributed by atoms with Gasteiger partial charge in [0.1, 0.15) is 18.3 Å². The molecular weight excluding hydrogens is 208 g/mol. The van der Waals surface area contributed by atoms with E-state index < -0.39 is 36.7 Å². The first-order chi connectivity index (χ1) is 6.99. The fraction of sp³-hybridized carbons (Fsp3) is 0.875. The summed E-state index contributed by atoms with van der Waals surface area (Å²) in [5.74, 6) is -1.42. The van der Waals surface area contributed by atoms with Crippen LogP contribution in [0.2, 0.25) is 0 Å². The normalized spacial score (nSPS) is 41.5. The first-order valence-corrected chi connectivity index (χ1v) is 4.53. The van der Waals surface area contributed by atoms with Gasteiger partial charge in [-0.3, -0.25) is 0 Å². The number of hydrogen-bond donors (Lipinski definition) is 4. The molecule has 0 unspecified atom stereocenters. The Hall–Kier alpha value is -0.730. The Morgan fingerprint density at radius 1 is 1.27 bits per heavy atom. The van der Waals surface area contributed by atoms with Crippen molar-refractivity contribution < 1.29 is 34.7 Å². The van der Waals surface area contributed by atoms with E-state index in [9.17, 15) is 20.1 Å². The number of carboxylic acid groups (broad SMARTS) is 1. The highest BCUT2D eigenvalue weighted by atomic mass is 16.7. The molecular formula is C8H14O7. The number of aliphatic carboxylic acids is 1. The molecule has 1 heterocycles. The van der Waals surface area contributed by atoms with E-state index in [0.717, 1.165) is 0 Å². The summed E-state index contributed by atoms with van der Waals surface area (Å²) in [6.45, 7) is 1.82. The van der Waals surface area contributed by atoms with Crippen LogP contribution in [0.1, 0.15) is 6.92 Å². The minimum absolute atomic E-state index is 0.191. The van der Waals surface area contributed by atoms with Gasteiger partial charge in [-0.05, 0) is 6.92 Å². The largest absolute Gasteiger partial charge is 0.479 e. The van der Waals surface area contributed by atoms with E-state index >= 15 is 0 Å². The Labute approximate surface area is 85.9 Å². The summed E-state index contributed by atoms with van der Waals surface area (Å²) in [5.41, 5.74) is 0. The third-order valence-corrected chi connectivity index (χ3v) is 2.14. The summed E-state index contributed by atoms with van der Waals surface area (Å²) >= 11 is 0. The Morgan fingerprint density at radius 3 is 2.33 bits per heavy atom. The Morgan fingerprint density at radius 2 is 1.87 bits per heavy atom. The number of aliphatic hydroxyl groups is 3. The predicted molar refractivity (Wildman–Crippen MR) is 45.9 cm³/mol. The van der Waals surface area contributed by atoms with E-state index in [-0.39, 0.29) is 6.61 Å². The van der Waals surface area contributed by atoms with E-state index in [1.165, 1.54) is 0 Å². The molecule has 4 N–H and O–H groups in total. The molecule has 0 aromatic carbocycles. The Bertz CT molecular complexity index is 231. The van der Waals surface area contributed by atoms with Gasteiger partial charge in [0.2, 0.25) is 0 Å². The molecule has 1 saturated heterocycles. The molecule has 0 bridgehead atoms. The van der Waals surface area contributed by atoms with Gasteiger partial charge in [0.15, 0.2) is 12.4 Å². The quantitative estimate of drug-likeness (QED) is 0.432. The van der Waals surface area contributed by atoms with Crippen LogP contribution in [0.4, 0.5) is 0 Å². The Kier molecular flexibility index (Phi) is 4.00. The van der Waals surface area contributed by atoms with Gasteiger partial charge < -0.3 is 29.9 Å². The van der Waals surface area contributed by atoms with Crippen molar-refractivity contribution in [1.82, 2.24) is 0 Å². The van der Waals surface area contributed by atoms with Gasteiger partial charge in [-0.1, -0.05) is 0 Å². The topological polar surface area (TPSA) is 116 Å². The number of aliphatic hydroxyl groups excluding tert-OH is 3. The molecule has 0 aromatic rings. The zero-order chi connectivity index (χ0) is 11.6. The van der Waals surface area contributed by atoms with Crippen molar-refractivity contribution >= 4 is 5.97 Å². The second-order valence-corrected chi connectivity index (χ2v) is 3.19. The summed E-state index contributed by atoms with van der Waals surface area (Å²) in [6.07, 6.45) is -7.57. The van der Waals surface area contributed by atoms with E-state index in [1.807, 2.05) is 0 Å². The molecule has 88 valence electrons. The first-order valence-electron chi connectivity index (χ1n) is 4.53. The summed E-state index contributed by atoms with van der Waals surface area (Å²) in [5, 5.41) is 36.7. The molecule has 5 atom stereocenters. The minimum atomic E-state index is -1.67. The van der Waals surface area contributed by atoms with Crippen molar-refractivity contribution in [2.75, 3.05) is 6.61 Å². The molecule has 7 nitrogen and oxygen atoms in total. The SMILES string of the molecule is CCO[C@@H]1O[C@H](C(=O)O)[C@@H](O)[C@H](O)[C@H]1O. The fourth-order valence-corrected chi connectivity index (χ4v) is 1.35. The highest BCUT2D eigenvalue weighted by Crippen LogP contribution is 2.22. The van der Waals surface area contributed by atoms with E-state index in [2.05, 4.69) is 0 Å². The average Bonchev–Trinajstić information content (AvgIpc) is 2.18. The maximum atomic E-state index is 10.6. The summed E-state index contributed by atoms with van der Waals surface area (Å²) in [4.78, 5) is 10.6. The maximum absolute atomic E-state index is 10.6. The minimum Gasteiger partial charge on any atom is -0.479 e. The number of hydrogen-bond acceptors (Lipinski definition) is 6. The van der Waals surface area contributed by atoms with Crippen LogP contribution in [-0.2, 0) is 14.3 Å². The zero-order valence-electron chi connectivity index (χ0n) is 8.11. The molecule has 1 fully saturated rings.